The zero-order chi connectivity index (χ0) is 9.68. The van der Waals surface area contributed by atoms with Crippen LogP contribution in [0.15, 0.2) is 18.2 Å². The summed E-state index contributed by atoms with van der Waals surface area (Å²) >= 11 is 11.4. The average Bonchev–Trinajstić information content (AvgIpc) is 2.11. The Balaban J connectivity index is 2.89. The first kappa shape index (κ1) is 10.4. The van der Waals surface area contributed by atoms with E-state index in [1.54, 1.807) is 0 Å². The van der Waals surface area contributed by atoms with Gasteiger partial charge in [-0.2, -0.15) is 0 Å². The third-order valence-electron chi connectivity index (χ3n) is 1.56. The van der Waals surface area contributed by atoms with E-state index in [-0.39, 0.29) is 0 Å². The number of aryl methyl sites for hydroxylation is 1. The van der Waals surface area contributed by atoms with Crippen molar-refractivity contribution in [3.8, 4) is 11.8 Å². The molecular formula is C11H10Cl2. The molecule has 0 heterocycles. The fraction of sp³-hybridized carbons (Fsp3) is 0.273. The first-order valence-corrected chi connectivity index (χ1v) is 4.96. The summed E-state index contributed by atoms with van der Waals surface area (Å²) in [5.41, 5.74) is 2.05. The lowest BCUT2D eigenvalue weighted by atomic mass is 10.1. The number of rotatable bonds is 1. The van der Waals surface area contributed by atoms with Crippen LogP contribution in [0.3, 0.4) is 0 Å². The molecule has 0 aliphatic rings. The molecule has 1 aromatic carbocycles. The summed E-state index contributed by atoms with van der Waals surface area (Å²) in [6.07, 6.45) is 0.700. The molecule has 0 aromatic heterocycles. The van der Waals surface area contributed by atoms with Crippen molar-refractivity contribution in [2.24, 2.45) is 0 Å². The van der Waals surface area contributed by atoms with Crippen molar-refractivity contribution in [2.75, 3.05) is 5.88 Å². The van der Waals surface area contributed by atoms with Gasteiger partial charge in [0.25, 0.3) is 0 Å². The van der Waals surface area contributed by atoms with E-state index in [0.717, 1.165) is 5.56 Å². The topological polar surface area (TPSA) is 0 Å². The van der Waals surface area contributed by atoms with Crippen LogP contribution in [-0.2, 0) is 0 Å². The summed E-state index contributed by atoms with van der Waals surface area (Å²) in [5, 5.41) is 0.702. The highest BCUT2D eigenvalue weighted by Crippen LogP contribution is 2.15. The molecule has 1 rings (SSSR count). The molecule has 0 unspecified atom stereocenters. The number of alkyl halides is 1. The van der Waals surface area contributed by atoms with Crippen LogP contribution in [0, 0.1) is 18.8 Å². The molecular weight excluding hydrogens is 203 g/mol. The molecule has 0 atom stereocenters. The van der Waals surface area contributed by atoms with Crippen molar-refractivity contribution in [2.45, 2.75) is 13.3 Å². The molecule has 0 fully saturated rings. The minimum absolute atomic E-state index is 0.566. The van der Waals surface area contributed by atoms with Gasteiger partial charge in [-0.1, -0.05) is 29.5 Å². The first-order chi connectivity index (χ1) is 6.24. The van der Waals surface area contributed by atoms with E-state index in [4.69, 9.17) is 23.2 Å². The molecule has 13 heavy (non-hydrogen) atoms. The second-order valence-corrected chi connectivity index (χ2v) is 3.51. The van der Waals surface area contributed by atoms with E-state index in [1.807, 2.05) is 25.1 Å². The molecule has 0 spiro atoms. The highest BCUT2D eigenvalue weighted by molar-refractivity contribution is 6.31. The largest absolute Gasteiger partial charge is 0.126 e. The fourth-order valence-corrected chi connectivity index (χ4v) is 1.20. The molecule has 2 heteroatoms. The lowest BCUT2D eigenvalue weighted by molar-refractivity contribution is 1.29. The van der Waals surface area contributed by atoms with E-state index in [2.05, 4.69) is 11.8 Å². The first-order valence-electron chi connectivity index (χ1n) is 4.05. The highest BCUT2D eigenvalue weighted by atomic mass is 35.5. The van der Waals surface area contributed by atoms with Crippen molar-refractivity contribution < 1.29 is 0 Å². The van der Waals surface area contributed by atoms with Crippen molar-refractivity contribution in [3.63, 3.8) is 0 Å². The van der Waals surface area contributed by atoms with Crippen LogP contribution in [0.5, 0.6) is 0 Å². The van der Waals surface area contributed by atoms with Crippen LogP contribution in [-0.4, -0.2) is 5.88 Å². The number of halogens is 2. The molecule has 0 radical (unpaired) electrons. The van der Waals surface area contributed by atoms with Crippen LogP contribution in [0.2, 0.25) is 5.02 Å². The van der Waals surface area contributed by atoms with Gasteiger partial charge in [0.15, 0.2) is 0 Å². The lowest BCUT2D eigenvalue weighted by Gasteiger charge is -1.96. The van der Waals surface area contributed by atoms with Crippen molar-refractivity contribution in [1.82, 2.24) is 0 Å². The molecule has 0 aliphatic carbocycles. The molecule has 0 bridgehead atoms. The van der Waals surface area contributed by atoms with E-state index >= 15 is 0 Å². The normalized spacial score (nSPS) is 9.15. The highest BCUT2D eigenvalue weighted by Gasteiger charge is 1.95. The summed E-state index contributed by atoms with van der Waals surface area (Å²) in [5.74, 6) is 6.51. The maximum absolute atomic E-state index is 5.94. The van der Waals surface area contributed by atoms with Crippen LogP contribution in [0.4, 0.5) is 0 Å². The third kappa shape index (κ3) is 3.30. The molecule has 0 N–H and O–H groups in total. The van der Waals surface area contributed by atoms with Crippen LogP contribution in [0.1, 0.15) is 17.5 Å². The van der Waals surface area contributed by atoms with Gasteiger partial charge in [0.2, 0.25) is 0 Å². The molecule has 0 saturated carbocycles. The van der Waals surface area contributed by atoms with E-state index in [1.165, 1.54) is 5.56 Å². The Bertz CT molecular complexity index is 345. The van der Waals surface area contributed by atoms with Gasteiger partial charge in [-0.15, -0.1) is 11.6 Å². The summed E-state index contributed by atoms with van der Waals surface area (Å²) in [4.78, 5) is 0. The van der Waals surface area contributed by atoms with Crippen LogP contribution in [0.25, 0.3) is 0 Å². The number of hydrogen-bond acceptors (Lipinski definition) is 0. The Morgan fingerprint density at radius 1 is 1.38 bits per heavy atom. The van der Waals surface area contributed by atoms with Gasteiger partial charge in [0, 0.05) is 17.9 Å². The van der Waals surface area contributed by atoms with Gasteiger partial charge in [-0.3, -0.25) is 0 Å². The summed E-state index contributed by atoms with van der Waals surface area (Å²) in [6, 6.07) is 5.81. The van der Waals surface area contributed by atoms with Crippen LogP contribution < -0.4 is 0 Å². The van der Waals surface area contributed by atoms with Crippen LogP contribution >= 0.6 is 23.2 Å². The monoisotopic (exact) mass is 212 g/mol. The zero-order valence-corrected chi connectivity index (χ0v) is 8.91. The SMILES string of the molecule is Cc1ccc(Cl)c(C#CCCCl)c1. The van der Waals surface area contributed by atoms with Gasteiger partial charge in [0.05, 0.1) is 5.02 Å². The van der Waals surface area contributed by atoms with E-state index in [0.29, 0.717) is 17.3 Å². The van der Waals surface area contributed by atoms with Gasteiger partial charge in [-0.25, -0.2) is 0 Å². The smallest absolute Gasteiger partial charge is 0.0562 e. The summed E-state index contributed by atoms with van der Waals surface area (Å²) < 4.78 is 0. The molecule has 0 aliphatic heterocycles. The van der Waals surface area contributed by atoms with Gasteiger partial charge >= 0.3 is 0 Å². The summed E-state index contributed by atoms with van der Waals surface area (Å²) in [7, 11) is 0. The molecule has 0 amide bonds. The standard InChI is InChI=1S/C11H10Cl2/c1-9-5-6-11(13)10(8-9)4-2-3-7-12/h5-6,8H,3,7H2,1H3. The molecule has 1 aromatic rings. The maximum atomic E-state index is 5.94. The molecule has 0 nitrogen and oxygen atoms in total. The quantitative estimate of drug-likeness (QED) is 0.493. The number of hydrogen-bond donors (Lipinski definition) is 0. The Morgan fingerprint density at radius 2 is 2.15 bits per heavy atom. The predicted molar refractivity (Wildman–Crippen MR) is 58.4 cm³/mol. The Kier molecular flexibility index (Phi) is 4.15. The minimum atomic E-state index is 0.566. The molecule has 68 valence electrons. The zero-order valence-electron chi connectivity index (χ0n) is 7.40. The van der Waals surface area contributed by atoms with Crippen molar-refractivity contribution >= 4 is 23.2 Å². The Hall–Kier alpha value is -0.640. The molecule has 0 saturated heterocycles. The second kappa shape index (κ2) is 5.17. The Labute approximate surface area is 88.9 Å². The Morgan fingerprint density at radius 3 is 2.85 bits per heavy atom. The van der Waals surface area contributed by atoms with Crippen molar-refractivity contribution in [1.29, 1.82) is 0 Å². The van der Waals surface area contributed by atoms with E-state index < -0.39 is 0 Å². The number of benzene rings is 1. The lowest BCUT2D eigenvalue weighted by Crippen LogP contribution is -1.79. The van der Waals surface area contributed by atoms with E-state index in [9.17, 15) is 0 Å². The summed E-state index contributed by atoms with van der Waals surface area (Å²) in [6.45, 7) is 2.02. The minimum Gasteiger partial charge on any atom is -0.126 e. The fourth-order valence-electron chi connectivity index (χ4n) is 0.940. The maximum Gasteiger partial charge on any atom is 0.0562 e. The average molecular weight is 213 g/mol. The second-order valence-electron chi connectivity index (χ2n) is 2.72. The third-order valence-corrected chi connectivity index (χ3v) is 2.08. The van der Waals surface area contributed by atoms with Gasteiger partial charge < -0.3 is 0 Å². The van der Waals surface area contributed by atoms with Crippen molar-refractivity contribution in [3.05, 3.63) is 34.3 Å². The predicted octanol–water partition coefficient (Wildman–Crippen LogP) is 3.63. The van der Waals surface area contributed by atoms with Gasteiger partial charge in [0.1, 0.15) is 0 Å². The van der Waals surface area contributed by atoms with Gasteiger partial charge in [-0.05, 0) is 24.6 Å².